The average molecular weight is 428 g/mol. The summed E-state index contributed by atoms with van der Waals surface area (Å²) in [5.41, 5.74) is 14.2. The molecule has 6 N–H and O–H groups in total. The number of amides is 3. The zero-order chi connectivity index (χ0) is 22.8. The minimum absolute atomic E-state index is 0.0509. The van der Waals surface area contributed by atoms with Gasteiger partial charge in [0.05, 0.1) is 6.04 Å². The number of hydrogen-bond donors (Lipinski definition) is 4. The summed E-state index contributed by atoms with van der Waals surface area (Å²) in [5.74, 6) is 0.488. The van der Waals surface area contributed by atoms with Gasteiger partial charge in [-0.2, -0.15) is 0 Å². The van der Waals surface area contributed by atoms with Crippen LogP contribution in [0.4, 0.5) is 4.79 Å². The van der Waals surface area contributed by atoms with Crippen LogP contribution >= 0.6 is 0 Å². The Morgan fingerprint density at radius 1 is 1.10 bits per heavy atom. The molecular weight excluding hydrogens is 390 g/mol. The first-order valence-electron chi connectivity index (χ1n) is 11.2. The first-order valence-corrected chi connectivity index (χ1v) is 11.2. The van der Waals surface area contributed by atoms with Gasteiger partial charge in [0.1, 0.15) is 0 Å². The lowest BCUT2D eigenvalue weighted by molar-refractivity contribution is -0.106. The molecule has 1 aromatic rings. The number of primary amides is 1. The maximum Gasteiger partial charge on any atom is 0.317 e. The van der Waals surface area contributed by atoms with Gasteiger partial charge in [-0.05, 0) is 56.6 Å². The third kappa shape index (κ3) is 6.84. The van der Waals surface area contributed by atoms with E-state index in [1.165, 1.54) is 32.1 Å². The van der Waals surface area contributed by atoms with E-state index >= 15 is 0 Å². The number of hydrogen-bond acceptors (Lipinski definition) is 4. The van der Waals surface area contributed by atoms with E-state index in [1.807, 2.05) is 24.0 Å². The van der Waals surface area contributed by atoms with Crippen LogP contribution < -0.4 is 16.8 Å². The zero-order valence-corrected chi connectivity index (χ0v) is 18.8. The Morgan fingerprint density at radius 3 is 2.13 bits per heavy atom. The summed E-state index contributed by atoms with van der Waals surface area (Å²) in [6.07, 6.45) is 8.57. The molecule has 1 heterocycles. The van der Waals surface area contributed by atoms with Crippen LogP contribution in [0.1, 0.15) is 76.0 Å². The third-order valence-electron chi connectivity index (χ3n) is 6.12. The van der Waals surface area contributed by atoms with Gasteiger partial charge in [-0.25, -0.2) is 4.79 Å². The number of allylic oxidation sites excluding steroid dienone is 2. The van der Waals surface area contributed by atoms with Crippen LogP contribution in [0.3, 0.4) is 0 Å². The highest BCUT2D eigenvalue weighted by molar-refractivity contribution is 6.21. The Morgan fingerprint density at radius 2 is 1.65 bits per heavy atom. The number of benzene rings is 1. The summed E-state index contributed by atoms with van der Waals surface area (Å²) < 4.78 is 0. The number of carbonyl (C=O) groups is 2. The van der Waals surface area contributed by atoms with Gasteiger partial charge in [-0.3, -0.25) is 4.79 Å². The van der Waals surface area contributed by atoms with Crippen molar-refractivity contribution in [2.75, 3.05) is 13.1 Å². The molecule has 2 fully saturated rings. The van der Waals surface area contributed by atoms with E-state index in [1.54, 1.807) is 6.92 Å². The molecule has 1 atom stereocenters. The van der Waals surface area contributed by atoms with E-state index < -0.39 is 0 Å². The van der Waals surface area contributed by atoms with Gasteiger partial charge in [-0.15, -0.1) is 0 Å². The number of carbonyl (C=O) groups excluding carboxylic acids is 2. The number of likely N-dealkylation sites (tertiary alicyclic amines) is 1. The van der Waals surface area contributed by atoms with Gasteiger partial charge in [0.15, 0.2) is 0 Å². The second-order valence-electron chi connectivity index (χ2n) is 8.46. The molecule has 1 saturated heterocycles. The predicted octanol–water partition coefficient (Wildman–Crippen LogP) is 3.94. The molecule has 1 saturated carbocycles. The molecule has 1 unspecified atom stereocenters. The van der Waals surface area contributed by atoms with Crippen LogP contribution in [-0.4, -0.2) is 36.1 Å². The fourth-order valence-electron chi connectivity index (χ4n) is 4.68. The van der Waals surface area contributed by atoms with E-state index in [0.29, 0.717) is 17.3 Å². The van der Waals surface area contributed by atoms with Gasteiger partial charge < -0.3 is 27.1 Å². The lowest BCUT2D eigenvalue weighted by Gasteiger charge is -2.33. The molecule has 7 nitrogen and oxygen atoms in total. The second-order valence-corrected chi connectivity index (χ2v) is 8.46. The highest BCUT2D eigenvalue weighted by atomic mass is 16.2. The van der Waals surface area contributed by atoms with Gasteiger partial charge in [0, 0.05) is 30.1 Å². The summed E-state index contributed by atoms with van der Waals surface area (Å²) in [4.78, 5) is 23.3. The van der Waals surface area contributed by atoms with Gasteiger partial charge >= 0.3 is 6.03 Å². The Balaban J connectivity index is 0.00000107. The normalized spacial score (nSPS) is 18.3. The van der Waals surface area contributed by atoms with E-state index in [2.05, 4.69) is 23.2 Å². The first kappa shape index (κ1) is 24.4. The molecule has 0 aromatic heterocycles. The van der Waals surface area contributed by atoms with Crippen molar-refractivity contribution in [3.05, 3.63) is 41.1 Å². The van der Waals surface area contributed by atoms with E-state index in [4.69, 9.17) is 15.9 Å². The van der Waals surface area contributed by atoms with Crippen LogP contribution in [0.5, 0.6) is 0 Å². The predicted molar refractivity (Wildman–Crippen MR) is 126 cm³/mol. The molecule has 170 valence electrons. The maximum absolute atomic E-state index is 12.8. The van der Waals surface area contributed by atoms with Gasteiger partial charge in [-0.1, -0.05) is 43.5 Å². The highest BCUT2D eigenvalue weighted by Crippen LogP contribution is 2.35. The maximum atomic E-state index is 12.8. The fourth-order valence-corrected chi connectivity index (χ4v) is 4.68. The third-order valence-corrected chi connectivity index (χ3v) is 6.12. The molecule has 1 aliphatic heterocycles. The van der Waals surface area contributed by atoms with Crippen molar-refractivity contribution in [2.45, 2.75) is 64.8 Å². The summed E-state index contributed by atoms with van der Waals surface area (Å²) >= 11 is 0. The molecule has 0 radical (unpaired) electrons. The summed E-state index contributed by atoms with van der Waals surface area (Å²) in [5, 5.41) is 11.4. The van der Waals surface area contributed by atoms with Gasteiger partial charge in [0.25, 0.3) is 0 Å². The highest BCUT2D eigenvalue weighted by Gasteiger charge is 2.29. The van der Waals surface area contributed by atoms with Crippen LogP contribution in [0.2, 0.25) is 0 Å². The van der Waals surface area contributed by atoms with Crippen molar-refractivity contribution < 1.29 is 9.59 Å². The standard InChI is InChI=1S/C23H34N4O.CH3NO/c1-16(24)21(17(2)25)18-10-12-20(13-11-18)22(19-8-4-3-5-9-19)26-23(28)27-14-6-7-15-27;2-1-3/h10-13,19,22,24H,3-9,14-15,25H2,1-2H3,(H,26,28);1H,(H2,2,3)/b21-17+,24-16?;. The summed E-state index contributed by atoms with van der Waals surface area (Å²) in [7, 11) is 0. The molecule has 3 rings (SSSR count). The van der Waals surface area contributed by atoms with E-state index in [0.717, 1.165) is 42.6 Å². The fraction of sp³-hybridized carbons (Fsp3) is 0.542. The number of nitrogens with two attached hydrogens (primary N) is 2. The molecule has 3 amide bonds. The van der Waals surface area contributed by atoms with Crippen molar-refractivity contribution >= 4 is 23.7 Å². The molecule has 0 bridgehead atoms. The van der Waals surface area contributed by atoms with Crippen molar-refractivity contribution in [2.24, 2.45) is 17.4 Å². The van der Waals surface area contributed by atoms with Gasteiger partial charge in [0.2, 0.25) is 6.41 Å². The first-order chi connectivity index (χ1) is 14.9. The van der Waals surface area contributed by atoms with Crippen LogP contribution in [0, 0.1) is 11.3 Å². The van der Waals surface area contributed by atoms with Crippen LogP contribution in [0.25, 0.3) is 5.57 Å². The van der Waals surface area contributed by atoms with E-state index in [9.17, 15) is 4.79 Å². The summed E-state index contributed by atoms with van der Waals surface area (Å²) in [6.45, 7) is 5.33. The molecule has 1 aromatic carbocycles. The number of nitrogens with one attached hydrogen (secondary N) is 2. The lowest BCUT2D eigenvalue weighted by atomic mass is 9.81. The monoisotopic (exact) mass is 427 g/mol. The lowest BCUT2D eigenvalue weighted by Crippen LogP contribution is -2.42. The molecule has 0 spiro atoms. The zero-order valence-electron chi connectivity index (χ0n) is 18.8. The molecule has 7 heteroatoms. The second kappa shape index (κ2) is 12.1. The van der Waals surface area contributed by atoms with Crippen LogP contribution in [-0.2, 0) is 4.79 Å². The Bertz CT molecular complexity index is 772. The largest absolute Gasteiger partial charge is 0.402 e. The molecule has 2 aliphatic rings. The molecular formula is C24H37N5O2. The minimum atomic E-state index is 0.0509. The van der Waals surface area contributed by atoms with Crippen LogP contribution in [0.15, 0.2) is 30.0 Å². The minimum Gasteiger partial charge on any atom is -0.402 e. The molecule has 1 aliphatic carbocycles. The van der Waals surface area contributed by atoms with Crippen molar-refractivity contribution in [3.63, 3.8) is 0 Å². The topological polar surface area (TPSA) is 125 Å². The number of nitrogens with zero attached hydrogens (tertiary/aromatic N) is 1. The quantitative estimate of drug-likeness (QED) is 0.420. The number of rotatable bonds is 5. The SMILES string of the molecule is CC(=N)/C(=C(/C)N)c1ccc(C(NC(=O)N2CCCC2)C2CCCCC2)cc1.NC=O. The summed E-state index contributed by atoms with van der Waals surface area (Å²) in [6, 6.07) is 8.41. The van der Waals surface area contributed by atoms with Crippen molar-refractivity contribution in [3.8, 4) is 0 Å². The van der Waals surface area contributed by atoms with Crippen molar-refractivity contribution in [1.29, 1.82) is 5.41 Å². The Hall–Kier alpha value is -2.83. The number of urea groups is 1. The molecule has 31 heavy (non-hydrogen) atoms. The Kier molecular flexibility index (Phi) is 9.56. The Labute approximate surface area is 185 Å². The average Bonchev–Trinajstić information content (AvgIpc) is 3.28. The van der Waals surface area contributed by atoms with E-state index in [-0.39, 0.29) is 18.5 Å². The smallest absolute Gasteiger partial charge is 0.317 e. The van der Waals surface area contributed by atoms with Crippen molar-refractivity contribution in [1.82, 2.24) is 10.2 Å².